The lowest BCUT2D eigenvalue weighted by atomic mass is 9.93. The van der Waals surface area contributed by atoms with Gasteiger partial charge in [0, 0.05) is 15.7 Å². The number of nitrogens with one attached hydrogen (secondary N) is 1. The van der Waals surface area contributed by atoms with Gasteiger partial charge in [0.05, 0.1) is 6.20 Å². The van der Waals surface area contributed by atoms with Crippen LogP contribution < -0.4 is 5.32 Å². The summed E-state index contributed by atoms with van der Waals surface area (Å²) in [6.07, 6.45) is 3.03. The van der Waals surface area contributed by atoms with Crippen LogP contribution in [0.5, 0.6) is 0 Å². The number of halogens is 1. The van der Waals surface area contributed by atoms with Gasteiger partial charge in [-0.05, 0) is 37.5 Å². The summed E-state index contributed by atoms with van der Waals surface area (Å²) in [5.74, 6) is -0.128. The van der Waals surface area contributed by atoms with Crippen LogP contribution in [-0.4, -0.2) is 26.0 Å². The summed E-state index contributed by atoms with van der Waals surface area (Å²) in [5.41, 5.74) is 1.70. The summed E-state index contributed by atoms with van der Waals surface area (Å²) >= 11 is 3.47. The number of hydrogen-bond acceptors (Lipinski definition) is 4. The molecule has 2 N–H and O–H groups in total. The molecule has 4 rings (SSSR count). The molecule has 0 saturated carbocycles. The van der Waals surface area contributed by atoms with Crippen LogP contribution in [0.15, 0.2) is 59.2 Å². The Morgan fingerprint density at radius 3 is 2.78 bits per heavy atom. The van der Waals surface area contributed by atoms with Crippen molar-refractivity contribution in [2.45, 2.75) is 31.4 Å². The Hall–Kier alpha value is -2.51. The number of benzene rings is 2. The van der Waals surface area contributed by atoms with Gasteiger partial charge in [0.15, 0.2) is 0 Å². The summed E-state index contributed by atoms with van der Waals surface area (Å²) in [6, 6.07) is 14.7. The first-order valence-electron chi connectivity index (χ1n) is 8.75. The number of aryl methyl sites for hydroxylation is 1. The summed E-state index contributed by atoms with van der Waals surface area (Å²) < 4.78 is 2.33. The predicted molar refractivity (Wildman–Crippen MR) is 105 cm³/mol. The Bertz CT molecular complexity index is 999. The van der Waals surface area contributed by atoms with Gasteiger partial charge < -0.3 is 10.4 Å². The Morgan fingerprint density at radius 1 is 1.22 bits per heavy atom. The quantitative estimate of drug-likeness (QED) is 0.672. The van der Waals surface area contributed by atoms with E-state index in [1.807, 2.05) is 48.5 Å². The molecule has 2 atom stereocenters. The van der Waals surface area contributed by atoms with E-state index in [1.54, 1.807) is 17.8 Å². The lowest BCUT2D eigenvalue weighted by molar-refractivity contribution is -0.119. The van der Waals surface area contributed by atoms with Crippen molar-refractivity contribution in [2.24, 2.45) is 0 Å². The third-order valence-corrected chi connectivity index (χ3v) is 5.68. The second-order valence-electron chi connectivity index (χ2n) is 6.84. The van der Waals surface area contributed by atoms with E-state index in [2.05, 4.69) is 31.6 Å². The molecule has 7 heteroatoms. The predicted octanol–water partition coefficient (Wildman–Crippen LogP) is 3.42. The van der Waals surface area contributed by atoms with Gasteiger partial charge in [-0.15, -0.1) is 5.10 Å². The molecule has 2 unspecified atom stereocenters. The number of hydrogen-bond donors (Lipinski definition) is 2. The molecule has 2 aromatic carbocycles. The van der Waals surface area contributed by atoms with E-state index in [-0.39, 0.29) is 5.91 Å². The molecule has 3 aromatic rings. The number of para-hydroxylation sites is 1. The van der Waals surface area contributed by atoms with Crippen LogP contribution in [0.3, 0.4) is 0 Å². The molecule has 0 aliphatic carbocycles. The van der Waals surface area contributed by atoms with Crippen molar-refractivity contribution in [1.29, 1.82) is 0 Å². The second kappa shape index (κ2) is 6.90. The Kier molecular flexibility index (Phi) is 4.57. The van der Waals surface area contributed by atoms with Crippen molar-refractivity contribution in [1.82, 2.24) is 15.0 Å². The molecular formula is C20H19BrN4O2. The third kappa shape index (κ3) is 3.28. The number of amides is 1. The highest BCUT2D eigenvalue weighted by molar-refractivity contribution is 9.10. The summed E-state index contributed by atoms with van der Waals surface area (Å²) in [6.45, 7) is 1.67. The average molecular weight is 427 g/mol. The number of anilines is 1. The summed E-state index contributed by atoms with van der Waals surface area (Å²) in [7, 11) is 0. The topological polar surface area (TPSA) is 80.0 Å². The summed E-state index contributed by atoms with van der Waals surface area (Å²) in [4.78, 5) is 12.7. The number of carbonyl (C=O) groups excluding carboxylic acids is 1. The first-order chi connectivity index (χ1) is 13.0. The van der Waals surface area contributed by atoms with Crippen LogP contribution in [0, 0.1) is 0 Å². The molecule has 0 spiro atoms. The lowest BCUT2D eigenvalue weighted by Gasteiger charge is -2.22. The van der Waals surface area contributed by atoms with E-state index in [0.717, 1.165) is 22.1 Å². The van der Waals surface area contributed by atoms with Gasteiger partial charge in [-0.25, -0.2) is 4.68 Å². The van der Waals surface area contributed by atoms with Gasteiger partial charge in [-0.2, -0.15) is 0 Å². The van der Waals surface area contributed by atoms with Crippen LogP contribution >= 0.6 is 15.9 Å². The molecule has 27 heavy (non-hydrogen) atoms. The molecule has 1 aromatic heterocycles. The maximum atomic E-state index is 12.7. The van der Waals surface area contributed by atoms with E-state index in [0.29, 0.717) is 17.7 Å². The van der Waals surface area contributed by atoms with Crippen molar-refractivity contribution in [3.63, 3.8) is 0 Å². The maximum Gasteiger partial charge on any atom is 0.249 e. The van der Waals surface area contributed by atoms with Crippen molar-refractivity contribution >= 4 is 27.5 Å². The van der Waals surface area contributed by atoms with E-state index < -0.39 is 11.6 Å². The van der Waals surface area contributed by atoms with Gasteiger partial charge in [-0.3, -0.25) is 4.79 Å². The number of nitrogens with zero attached hydrogens (tertiary/aromatic N) is 3. The van der Waals surface area contributed by atoms with Crippen LogP contribution in [0.1, 0.15) is 36.2 Å². The molecular weight excluding hydrogens is 408 g/mol. The first kappa shape index (κ1) is 17.9. The van der Waals surface area contributed by atoms with E-state index >= 15 is 0 Å². The summed E-state index contributed by atoms with van der Waals surface area (Å²) in [5, 5.41) is 22.3. The fourth-order valence-electron chi connectivity index (χ4n) is 3.40. The Labute approximate surface area is 165 Å². The maximum absolute atomic E-state index is 12.7. The fourth-order valence-corrected chi connectivity index (χ4v) is 4.07. The molecule has 2 heterocycles. The number of aliphatic hydroxyl groups is 1. The Morgan fingerprint density at radius 2 is 1.96 bits per heavy atom. The highest BCUT2D eigenvalue weighted by atomic mass is 79.9. The average Bonchev–Trinajstić information content (AvgIpc) is 3.08. The molecule has 0 fully saturated rings. The van der Waals surface area contributed by atoms with E-state index in [4.69, 9.17) is 0 Å². The highest BCUT2D eigenvalue weighted by Crippen LogP contribution is 2.33. The molecule has 1 aliphatic rings. The molecule has 1 aliphatic heterocycles. The standard InChI is InChI=1S/C20H19BrN4O2/c1-20(27,14-7-3-4-8-15(14)21)18-12-25(24-23-18)17-11-10-13-6-2-5-9-16(13)22-19(17)26/h2-9,12,17,27H,10-11H2,1H3,(H,22,26). The van der Waals surface area contributed by atoms with Crippen molar-refractivity contribution in [3.05, 3.63) is 76.0 Å². The minimum atomic E-state index is -1.33. The number of carbonyl (C=O) groups is 1. The number of fused-ring (bicyclic) bond motifs is 1. The third-order valence-electron chi connectivity index (χ3n) is 4.99. The first-order valence-corrected chi connectivity index (χ1v) is 9.54. The van der Waals surface area contributed by atoms with Crippen LogP contribution in [0.25, 0.3) is 0 Å². The van der Waals surface area contributed by atoms with E-state index in [9.17, 15) is 9.90 Å². The zero-order valence-corrected chi connectivity index (χ0v) is 16.3. The lowest BCUT2D eigenvalue weighted by Crippen LogP contribution is -2.26. The molecule has 1 amide bonds. The van der Waals surface area contributed by atoms with Crippen LogP contribution in [-0.2, 0) is 16.8 Å². The Balaban J connectivity index is 1.63. The molecule has 6 nitrogen and oxygen atoms in total. The van der Waals surface area contributed by atoms with Crippen LogP contribution in [0.4, 0.5) is 5.69 Å². The van der Waals surface area contributed by atoms with Crippen molar-refractivity contribution in [3.8, 4) is 0 Å². The molecule has 0 bridgehead atoms. The number of rotatable bonds is 3. The zero-order chi connectivity index (χ0) is 19.0. The number of aromatic nitrogens is 3. The largest absolute Gasteiger partial charge is 0.379 e. The fraction of sp³-hybridized carbons (Fsp3) is 0.250. The van der Waals surface area contributed by atoms with Crippen LogP contribution in [0.2, 0.25) is 0 Å². The van der Waals surface area contributed by atoms with Gasteiger partial charge in [0.25, 0.3) is 0 Å². The van der Waals surface area contributed by atoms with Gasteiger partial charge in [0.1, 0.15) is 17.3 Å². The highest BCUT2D eigenvalue weighted by Gasteiger charge is 2.33. The zero-order valence-electron chi connectivity index (χ0n) is 14.8. The minimum Gasteiger partial charge on any atom is -0.379 e. The molecule has 0 radical (unpaired) electrons. The SMILES string of the molecule is CC(O)(c1cn(C2CCc3ccccc3NC2=O)nn1)c1ccccc1Br. The van der Waals surface area contributed by atoms with E-state index in [1.165, 1.54) is 0 Å². The molecule has 138 valence electrons. The van der Waals surface area contributed by atoms with Gasteiger partial charge in [0.2, 0.25) is 5.91 Å². The normalized spacial score (nSPS) is 18.9. The minimum absolute atomic E-state index is 0.128. The second-order valence-corrected chi connectivity index (χ2v) is 7.69. The monoisotopic (exact) mass is 426 g/mol. The molecule has 0 saturated heterocycles. The smallest absolute Gasteiger partial charge is 0.249 e. The van der Waals surface area contributed by atoms with Gasteiger partial charge >= 0.3 is 0 Å². The van der Waals surface area contributed by atoms with Crippen molar-refractivity contribution in [2.75, 3.05) is 5.32 Å². The van der Waals surface area contributed by atoms with Gasteiger partial charge in [-0.1, -0.05) is 57.5 Å². The van der Waals surface area contributed by atoms with Crippen molar-refractivity contribution < 1.29 is 9.90 Å².